The maximum atomic E-state index is 15.2. The van der Waals surface area contributed by atoms with Crippen molar-refractivity contribution in [1.82, 2.24) is 20.6 Å². The zero-order valence-corrected chi connectivity index (χ0v) is 27.0. The number of aromatic amines is 1. The van der Waals surface area contributed by atoms with Crippen LogP contribution in [0.4, 0.5) is 10.1 Å². The number of anilines is 1. The predicted octanol–water partition coefficient (Wildman–Crippen LogP) is 3.61. The summed E-state index contributed by atoms with van der Waals surface area (Å²) in [4.78, 5) is 80.6. The second kappa shape index (κ2) is 15.3. The van der Waals surface area contributed by atoms with Crippen LogP contribution >= 0.6 is 0 Å². The molecule has 0 aliphatic rings. The predicted molar refractivity (Wildman–Crippen MR) is 183 cm³/mol. The molecule has 0 spiro atoms. The van der Waals surface area contributed by atoms with E-state index in [4.69, 9.17) is 0 Å². The summed E-state index contributed by atoms with van der Waals surface area (Å²) in [7, 11) is 0. The number of benzene rings is 4. The second-order valence-electron chi connectivity index (χ2n) is 11.8. The van der Waals surface area contributed by atoms with Crippen LogP contribution in [0, 0.1) is 12.7 Å². The number of aromatic nitrogens is 2. The van der Waals surface area contributed by atoms with Crippen LogP contribution in [-0.2, 0) is 27.3 Å². The van der Waals surface area contributed by atoms with Crippen molar-refractivity contribution in [3.05, 3.63) is 117 Å². The summed E-state index contributed by atoms with van der Waals surface area (Å²) in [5.74, 6) is -6.50. The standard InChI is InChI=1S/C36H32FN5O9/c1-18-39-27-10-7-21-6-5-20(14-25(21)31(27)34(47)40-18)17-38-23-8-9-24(26(37)16-23)32(45)41-28(11-12-30(43)44)33(46)42-29(36(50)51)15-19-3-2-4-22(13-19)35(48)49/h2-10,13-14,16,28-29,38H,11-12,15,17H2,1H3,(H,41,45)(H,42,46)(H,43,44)(H,48,49)(H,50,51)(H,39,40,47)/t28-,29-/m0/s1. The average Bonchev–Trinajstić information content (AvgIpc) is 3.08. The molecule has 0 unspecified atom stereocenters. The summed E-state index contributed by atoms with van der Waals surface area (Å²) in [5, 5.41) is 37.7. The van der Waals surface area contributed by atoms with Crippen LogP contribution in [-0.4, -0.2) is 67.1 Å². The quantitative estimate of drug-likeness (QED) is 0.0829. The van der Waals surface area contributed by atoms with Gasteiger partial charge in [0.1, 0.15) is 23.7 Å². The molecule has 5 rings (SSSR count). The highest BCUT2D eigenvalue weighted by Gasteiger charge is 2.28. The number of carbonyl (C=O) groups excluding carboxylic acids is 2. The van der Waals surface area contributed by atoms with Crippen LogP contribution in [0.2, 0.25) is 0 Å². The van der Waals surface area contributed by atoms with Gasteiger partial charge in [-0.25, -0.2) is 19.0 Å². The first-order chi connectivity index (χ1) is 24.3. The number of carboxylic acids is 3. The third-order valence-corrected chi connectivity index (χ3v) is 8.08. The largest absolute Gasteiger partial charge is 0.481 e. The first-order valence-corrected chi connectivity index (χ1v) is 15.6. The van der Waals surface area contributed by atoms with E-state index in [-0.39, 0.29) is 24.1 Å². The van der Waals surface area contributed by atoms with E-state index in [1.807, 2.05) is 24.3 Å². The monoisotopic (exact) mass is 697 g/mol. The van der Waals surface area contributed by atoms with Crippen LogP contribution in [0.5, 0.6) is 0 Å². The SMILES string of the molecule is Cc1nc2ccc3ccc(CNc4ccc(C(=O)N[C@@H](CCC(=O)O)C(=O)N[C@@H](Cc5cccc(C(=O)O)c5)C(=O)O)c(F)c4)cc3c2c(=O)[nH]1. The number of carbonyl (C=O) groups is 5. The van der Waals surface area contributed by atoms with Gasteiger partial charge in [-0.3, -0.25) is 19.2 Å². The summed E-state index contributed by atoms with van der Waals surface area (Å²) >= 11 is 0. The zero-order valence-electron chi connectivity index (χ0n) is 27.0. The summed E-state index contributed by atoms with van der Waals surface area (Å²) in [6, 6.07) is 15.2. The molecule has 15 heteroatoms. The maximum Gasteiger partial charge on any atom is 0.335 e. The number of carboxylic acid groups (broad SMARTS) is 3. The molecule has 0 fully saturated rings. The number of nitrogens with one attached hydrogen (secondary N) is 4. The number of hydrogen-bond acceptors (Lipinski definition) is 8. The normalized spacial score (nSPS) is 12.2. The van der Waals surface area contributed by atoms with E-state index in [2.05, 4.69) is 25.9 Å². The lowest BCUT2D eigenvalue weighted by atomic mass is 10.0. The Balaban J connectivity index is 1.28. The van der Waals surface area contributed by atoms with Gasteiger partial charge in [-0.15, -0.1) is 0 Å². The summed E-state index contributed by atoms with van der Waals surface area (Å²) < 4.78 is 15.2. The maximum absolute atomic E-state index is 15.2. The first-order valence-electron chi connectivity index (χ1n) is 15.6. The fourth-order valence-corrected chi connectivity index (χ4v) is 5.56. The lowest BCUT2D eigenvalue weighted by Crippen LogP contribution is -2.52. The van der Waals surface area contributed by atoms with Gasteiger partial charge in [-0.2, -0.15) is 0 Å². The van der Waals surface area contributed by atoms with Crippen molar-refractivity contribution < 1.29 is 43.7 Å². The van der Waals surface area contributed by atoms with Gasteiger partial charge in [0.05, 0.1) is 22.0 Å². The fraction of sp³-hybridized carbons (Fsp3) is 0.194. The van der Waals surface area contributed by atoms with E-state index in [1.165, 1.54) is 36.4 Å². The Labute approximate surface area is 288 Å². The third-order valence-electron chi connectivity index (χ3n) is 8.08. The van der Waals surface area contributed by atoms with Crippen LogP contribution < -0.4 is 21.5 Å². The first kappa shape index (κ1) is 35.7. The van der Waals surface area contributed by atoms with Crippen molar-refractivity contribution in [3.8, 4) is 0 Å². The highest BCUT2D eigenvalue weighted by Crippen LogP contribution is 2.24. The molecular weight excluding hydrogens is 665 g/mol. The van der Waals surface area contributed by atoms with E-state index in [1.54, 1.807) is 13.0 Å². The van der Waals surface area contributed by atoms with Crippen LogP contribution in [0.25, 0.3) is 21.7 Å². The number of nitrogens with zero attached hydrogens (tertiary/aromatic N) is 1. The number of amides is 2. The Morgan fingerprint density at radius 1 is 0.882 bits per heavy atom. The highest BCUT2D eigenvalue weighted by atomic mass is 19.1. The van der Waals surface area contributed by atoms with Crippen molar-refractivity contribution in [3.63, 3.8) is 0 Å². The fourth-order valence-electron chi connectivity index (χ4n) is 5.56. The number of aryl methyl sites for hydroxylation is 1. The molecule has 0 saturated heterocycles. The second-order valence-corrected chi connectivity index (χ2v) is 11.8. The summed E-state index contributed by atoms with van der Waals surface area (Å²) in [6.45, 7) is 1.93. The lowest BCUT2D eigenvalue weighted by Gasteiger charge is -2.21. The minimum Gasteiger partial charge on any atom is -0.481 e. The van der Waals surface area contributed by atoms with Crippen LogP contribution in [0.1, 0.15) is 50.5 Å². The number of halogens is 1. The number of aliphatic carboxylic acids is 2. The van der Waals surface area contributed by atoms with Crippen LogP contribution in [0.3, 0.4) is 0 Å². The average molecular weight is 698 g/mol. The Bertz CT molecular complexity index is 2250. The molecule has 0 aliphatic carbocycles. The van der Waals surface area contributed by atoms with Gasteiger partial charge in [0.15, 0.2) is 0 Å². The Hall–Kier alpha value is -6.64. The molecule has 14 nitrogen and oxygen atoms in total. The Morgan fingerprint density at radius 2 is 1.65 bits per heavy atom. The Kier molecular flexibility index (Phi) is 10.7. The molecule has 0 aliphatic heterocycles. The lowest BCUT2D eigenvalue weighted by molar-refractivity contribution is -0.142. The van der Waals surface area contributed by atoms with Crippen molar-refractivity contribution in [2.24, 2.45) is 0 Å². The molecule has 0 bridgehead atoms. The molecule has 0 saturated carbocycles. The van der Waals surface area contributed by atoms with Crippen molar-refractivity contribution in [2.45, 2.75) is 44.8 Å². The summed E-state index contributed by atoms with van der Waals surface area (Å²) in [5.41, 5.74) is 1.13. The van der Waals surface area contributed by atoms with E-state index in [0.717, 1.165) is 17.0 Å². The van der Waals surface area contributed by atoms with E-state index < -0.39 is 66.0 Å². The summed E-state index contributed by atoms with van der Waals surface area (Å²) in [6.07, 6.45) is -1.31. The Morgan fingerprint density at radius 3 is 2.35 bits per heavy atom. The molecule has 4 aromatic carbocycles. The number of hydrogen-bond donors (Lipinski definition) is 7. The van der Waals surface area contributed by atoms with Gasteiger partial charge in [-0.1, -0.05) is 30.3 Å². The molecule has 5 aromatic rings. The molecule has 2 atom stereocenters. The molecule has 51 heavy (non-hydrogen) atoms. The van der Waals surface area contributed by atoms with Gasteiger partial charge in [0.25, 0.3) is 11.5 Å². The topological polar surface area (TPSA) is 228 Å². The molecule has 2 amide bonds. The number of H-pyrrole nitrogens is 1. The molecule has 1 heterocycles. The van der Waals surface area contributed by atoms with Gasteiger partial charge in [0, 0.05) is 25.1 Å². The molecular formula is C36H32FN5O9. The van der Waals surface area contributed by atoms with Gasteiger partial charge in [-0.05, 0) is 77.7 Å². The molecule has 7 N–H and O–H groups in total. The van der Waals surface area contributed by atoms with Crippen molar-refractivity contribution in [1.29, 1.82) is 0 Å². The minimum absolute atomic E-state index is 0.0918. The number of aromatic carboxylic acids is 1. The van der Waals surface area contributed by atoms with Crippen LogP contribution in [0.15, 0.2) is 77.6 Å². The van der Waals surface area contributed by atoms with E-state index in [0.29, 0.717) is 33.4 Å². The van der Waals surface area contributed by atoms with E-state index >= 15 is 4.39 Å². The van der Waals surface area contributed by atoms with E-state index in [9.17, 15) is 44.1 Å². The van der Waals surface area contributed by atoms with Gasteiger partial charge >= 0.3 is 17.9 Å². The molecule has 262 valence electrons. The number of rotatable bonds is 14. The third kappa shape index (κ3) is 8.70. The molecule has 0 radical (unpaired) electrons. The van der Waals surface area contributed by atoms with Gasteiger partial charge in [0.2, 0.25) is 5.91 Å². The molecule has 1 aromatic heterocycles. The minimum atomic E-state index is -1.56. The van der Waals surface area contributed by atoms with Gasteiger partial charge < -0.3 is 36.3 Å². The number of fused-ring (bicyclic) bond motifs is 3. The van der Waals surface area contributed by atoms with Crippen molar-refractivity contribution in [2.75, 3.05) is 5.32 Å². The smallest absolute Gasteiger partial charge is 0.335 e. The van der Waals surface area contributed by atoms with Crippen molar-refractivity contribution >= 4 is 57.1 Å². The zero-order chi connectivity index (χ0) is 36.8. The highest BCUT2D eigenvalue weighted by molar-refractivity contribution is 6.06.